The second-order valence-electron chi connectivity index (χ2n) is 4.61. The Morgan fingerprint density at radius 1 is 1.26 bits per heavy atom. The second kappa shape index (κ2) is 5.69. The van der Waals surface area contributed by atoms with Gasteiger partial charge in [-0.25, -0.2) is 0 Å². The molecule has 1 N–H and O–H groups in total. The number of hydrogen-bond acceptors (Lipinski definition) is 2. The fraction of sp³-hybridized carbons (Fsp3) is 0.333. The van der Waals surface area contributed by atoms with Crippen LogP contribution in [0.15, 0.2) is 30.5 Å². The number of fused-ring (bicyclic) bond motifs is 1. The number of ketones is 1. The predicted molar refractivity (Wildman–Crippen MR) is 75.2 cm³/mol. The maximum atomic E-state index is 12.1. The molecule has 0 bridgehead atoms. The van der Waals surface area contributed by atoms with Gasteiger partial charge in [0.1, 0.15) is 0 Å². The number of aromatic nitrogens is 1. The minimum Gasteiger partial charge on any atom is -0.350 e. The third-order valence-electron chi connectivity index (χ3n) is 3.16. The van der Waals surface area contributed by atoms with Crippen LogP contribution in [-0.4, -0.2) is 22.8 Å². The molecule has 0 aliphatic carbocycles. The maximum absolute atomic E-state index is 12.1. The van der Waals surface area contributed by atoms with E-state index in [-0.39, 0.29) is 0 Å². The molecule has 1 aromatic heterocycles. The molecule has 1 heterocycles. The molecule has 1 aromatic carbocycles. The summed E-state index contributed by atoms with van der Waals surface area (Å²) in [5.74, 6) is -0.988. The molecule has 19 heavy (non-hydrogen) atoms. The topological polar surface area (TPSA) is 51.1 Å². The van der Waals surface area contributed by atoms with Crippen molar-refractivity contribution in [1.29, 1.82) is 0 Å². The Hall–Kier alpha value is -2.10. The molecule has 2 aromatic rings. The van der Waals surface area contributed by atoms with E-state index >= 15 is 0 Å². The lowest BCUT2D eigenvalue weighted by Gasteiger charge is -2.02. The third-order valence-corrected chi connectivity index (χ3v) is 3.16. The molecule has 100 valence electrons. The van der Waals surface area contributed by atoms with Gasteiger partial charge in [0, 0.05) is 30.7 Å². The summed E-state index contributed by atoms with van der Waals surface area (Å²) in [5.41, 5.74) is 1.42. The first-order chi connectivity index (χ1) is 9.15. The lowest BCUT2D eigenvalue weighted by atomic mass is 10.1. The van der Waals surface area contributed by atoms with Crippen LogP contribution < -0.4 is 5.32 Å². The lowest BCUT2D eigenvalue weighted by molar-refractivity contribution is -0.117. The highest BCUT2D eigenvalue weighted by atomic mass is 16.2. The average Bonchev–Trinajstić information content (AvgIpc) is 2.76. The van der Waals surface area contributed by atoms with Gasteiger partial charge < -0.3 is 9.88 Å². The number of unbranched alkanes of at least 4 members (excludes halogenated alkanes) is 1. The molecule has 0 fully saturated rings. The molecule has 2 rings (SSSR count). The molecule has 0 saturated carbocycles. The van der Waals surface area contributed by atoms with Crippen LogP contribution in [0.4, 0.5) is 0 Å². The van der Waals surface area contributed by atoms with Gasteiger partial charge in [-0.2, -0.15) is 0 Å². The van der Waals surface area contributed by atoms with Crippen molar-refractivity contribution in [3.63, 3.8) is 0 Å². The number of Topliss-reactive ketones (excluding diaryl/α,β-unsaturated/α-hetero) is 1. The first kappa shape index (κ1) is 13.3. The van der Waals surface area contributed by atoms with E-state index in [0.717, 1.165) is 23.7 Å². The summed E-state index contributed by atoms with van der Waals surface area (Å²) >= 11 is 0. The van der Waals surface area contributed by atoms with E-state index in [2.05, 4.69) is 5.32 Å². The number of aryl methyl sites for hydroxylation is 1. The Balaban J connectivity index is 2.24. The van der Waals surface area contributed by atoms with Gasteiger partial charge in [-0.3, -0.25) is 9.59 Å². The number of carbonyl (C=O) groups excluding carboxylic acids is 2. The van der Waals surface area contributed by atoms with E-state index in [4.69, 9.17) is 0 Å². The first-order valence-corrected chi connectivity index (χ1v) is 6.51. The van der Waals surface area contributed by atoms with E-state index in [9.17, 15) is 9.59 Å². The van der Waals surface area contributed by atoms with E-state index in [1.807, 2.05) is 42.8 Å². The number of rotatable bonds is 5. The highest BCUT2D eigenvalue weighted by molar-refractivity contribution is 6.45. The van der Waals surface area contributed by atoms with Gasteiger partial charge in [0.05, 0.1) is 5.56 Å². The van der Waals surface area contributed by atoms with Crippen LogP contribution in [0.5, 0.6) is 0 Å². The van der Waals surface area contributed by atoms with Gasteiger partial charge in [0.2, 0.25) is 0 Å². The standard InChI is InChI=1S/C15H18N2O2/c1-3-4-9-16-15(19)14(18)12-10-17(2)13-8-6-5-7-11(12)13/h5-8,10H,3-4,9H2,1-2H3,(H,16,19). The molecule has 0 spiro atoms. The minimum atomic E-state index is -0.523. The molecule has 0 saturated heterocycles. The second-order valence-corrected chi connectivity index (χ2v) is 4.61. The number of para-hydroxylation sites is 1. The molecule has 0 atom stereocenters. The van der Waals surface area contributed by atoms with Gasteiger partial charge in [0.25, 0.3) is 11.7 Å². The van der Waals surface area contributed by atoms with E-state index < -0.39 is 11.7 Å². The van der Waals surface area contributed by atoms with Crippen molar-refractivity contribution < 1.29 is 9.59 Å². The zero-order valence-electron chi connectivity index (χ0n) is 11.3. The maximum Gasteiger partial charge on any atom is 0.292 e. The van der Waals surface area contributed by atoms with Gasteiger partial charge in [-0.15, -0.1) is 0 Å². The fourth-order valence-corrected chi connectivity index (χ4v) is 2.10. The zero-order valence-corrected chi connectivity index (χ0v) is 11.3. The summed E-state index contributed by atoms with van der Waals surface area (Å²) in [5, 5.41) is 3.48. The molecule has 1 amide bonds. The largest absolute Gasteiger partial charge is 0.350 e. The summed E-state index contributed by atoms with van der Waals surface area (Å²) in [6.45, 7) is 2.59. The summed E-state index contributed by atoms with van der Waals surface area (Å²) in [4.78, 5) is 23.9. The van der Waals surface area contributed by atoms with Crippen molar-refractivity contribution >= 4 is 22.6 Å². The molecule has 4 heteroatoms. The number of benzene rings is 1. The van der Waals surface area contributed by atoms with Crippen LogP contribution in [0, 0.1) is 0 Å². The SMILES string of the molecule is CCCCNC(=O)C(=O)c1cn(C)c2ccccc12. The number of carbonyl (C=O) groups is 2. The molecule has 0 aliphatic rings. The van der Waals surface area contributed by atoms with Crippen molar-refractivity contribution in [2.45, 2.75) is 19.8 Å². The Morgan fingerprint density at radius 3 is 2.74 bits per heavy atom. The number of amides is 1. The summed E-state index contributed by atoms with van der Waals surface area (Å²) in [6, 6.07) is 7.58. The van der Waals surface area contributed by atoms with Gasteiger partial charge in [-0.05, 0) is 12.5 Å². The fourth-order valence-electron chi connectivity index (χ4n) is 2.10. The Morgan fingerprint density at radius 2 is 2.00 bits per heavy atom. The Bertz CT molecular complexity index is 614. The normalized spacial score (nSPS) is 10.6. The smallest absolute Gasteiger partial charge is 0.292 e. The zero-order chi connectivity index (χ0) is 13.8. The van der Waals surface area contributed by atoms with Crippen molar-refractivity contribution in [3.8, 4) is 0 Å². The summed E-state index contributed by atoms with van der Waals surface area (Å²) < 4.78 is 1.86. The van der Waals surface area contributed by atoms with Crippen molar-refractivity contribution in [3.05, 3.63) is 36.0 Å². The third kappa shape index (κ3) is 2.67. The number of nitrogens with one attached hydrogen (secondary N) is 1. The van der Waals surface area contributed by atoms with Crippen LogP contribution in [0.2, 0.25) is 0 Å². The van der Waals surface area contributed by atoms with Crippen LogP contribution in [-0.2, 0) is 11.8 Å². The van der Waals surface area contributed by atoms with Gasteiger partial charge in [0.15, 0.2) is 0 Å². The molecule has 4 nitrogen and oxygen atoms in total. The highest BCUT2D eigenvalue weighted by Crippen LogP contribution is 2.20. The Kier molecular flexibility index (Phi) is 4.00. The van der Waals surface area contributed by atoms with Crippen LogP contribution in [0.25, 0.3) is 10.9 Å². The molecule has 0 radical (unpaired) electrons. The highest BCUT2D eigenvalue weighted by Gasteiger charge is 2.20. The van der Waals surface area contributed by atoms with Crippen molar-refractivity contribution in [1.82, 2.24) is 9.88 Å². The molecule has 0 aliphatic heterocycles. The van der Waals surface area contributed by atoms with Gasteiger partial charge in [-0.1, -0.05) is 31.5 Å². The van der Waals surface area contributed by atoms with E-state index in [1.165, 1.54) is 0 Å². The first-order valence-electron chi connectivity index (χ1n) is 6.51. The summed E-state index contributed by atoms with van der Waals surface area (Å²) in [7, 11) is 1.87. The van der Waals surface area contributed by atoms with Crippen molar-refractivity contribution in [2.75, 3.05) is 6.54 Å². The average molecular weight is 258 g/mol. The molecule has 0 unspecified atom stereocenters. The van der Waals surface area contributed by atoms with Crippen molar-refractivity contribution in [2.24, 2.45) is 7.05 Å². The number of hydrogen-bond donors (Lipinski definition) is 1. The van der Waals surface area contributed by atoms with Gasteiger partial charge >= 0.3 is 0 Å². The molecular formula is C15H18N2O2. The van der Waals surface area contributed by atoms with Crippen LogP contribution >= 0.6 is 0 Å². The van der Waals surface area contributed by atoms with E-state index in [1.54, 1.807) is 6.20 Å². The van der Waals surface area contributed by atoms with E-state index in [0.29, 0.717) is 12.1 Å². The monoisotopic (exact) mass is 258 g/mol. The quantitative estimate of drug-likeness (QED) is 0.508. The predicted octanol–water partition coefficient (Wildman–Crippen LogP) is 2.28. The van der Waals surface area contributed by atoms with Crippen LogP contribution in [0.3, 0.4) is 0 Å². The van der Waals surface area contributed by atoms with Crippen LogP contribution in [0.1, 0.15) is 30.1 Å². The Labute approximate surface area is 112 Å². The molecular weight excluding hydrogens is 240 g/mol. The summed E-state index contributed by atoms with van der Waals surface area (Å²) in [6.07, 6.45) is 3.59. The minimum absolute atomic E-state index is 0.465. The lowest BCUT2D eigenvalue weighted by Crippen LogP contribution is -2.31. The number of nitrogens with zero attached hydrogens (tertiary/aromatic N) is 1.